The summed E-state index contributed by atoms with van der Waals surface area (Å²) < 4.78 is 1.30. The number of aromatic nitrogens is 3. The van der Waals surface area contributed by atoms with Crippen LogP contribution in [0.5, 0.6) is 0 Å². The van der Waals surface area contributed by atoms with E-state index in [2.05, 4.69) is 53.6 Å². The van der Waals surface area contributed by atoms with Crippen LogP contribution in [-0.2, 0) is 11.2 Å². The molecule has 0 atom stereocenters. The second-order valence-corrected chi connectivity index (χ2v) is 6.25. The molecule has 1 aromatic carbocycles. The molecule has 0 saturated heterocycles. The molecule has 118 valence electrons. The smallest absolute Gasteiger partial charge is 0.230 e. The van der Waals surface area contributed by atoms with Crippen molar-refractivity contribution in [1.82, 2.24) is 20.2 Å². The summed E-state index contributed by atoms with van der Waals surface area (Å²) in [6, 6.07) is 8.53. The van der Waals surface area contributed by atoms with Gasteiger partial charge in [-0.05, 0) is 23.5 Å². The number of nitrogens with two attached hydrogens (primary N) is 1. The molecule has 22 heavy (non-hydrogen) atoms. The van der Waals surface area contributed by atoms with E-state index in [0.29, 0.717) is 17.6 Å². The number of rotatable bonds is 7. The zero-order valence-electron chi connectivity index (χ0n) is 12.8. The third kappa shape index (κ3) is 4.77. The summed E-state index contributed by atoms with van der Waals surface area (Å²) in [6.45, 7) is 4.97. The first kappa shape index (κ1) is 16.4. The molecule has 0 radical (unpaired) electrons. The molecule has 2 rings (SSSR count). The molecule has 2 aromatic rings. The van der Waals surface area contributed by atoms with Crippen molar-refractivity contribution in [2.45, 2.75) is 31.3 Å². The maximum absolute atomic E-state index is 11.8. The molecule has 1 amide bonds. The van der Waals surface area contributed by atoms with Gasteiger partial charge in [0.05, 0.1) is 5.75 Å². The molecule has 0 fully saturated rings. The SMILES string of the molecule is CC(C)c1ccc(CCNC(=O)CSc2nncn2N)cc1. The molecule has 0 unspecified atom stereocenters. The van der Waals surface area contributed by atoms with Crippen LogP contribution in [0, 0.1) is 0 Å². The van der Waals surface area contributed by atoms with E-state index in [1.165, 1.54) is 33.9 Å². The van der Waals surface area contributed by atoms with Crippen LogP contribution < -0.4 is 11.2 Å². The maximum Gasteiger partial charge on any atom is 0.230 e. The molecule has 0 aliphatic heterocycles. The highest BCUT2D eigenvalue weighted by Crippen LogP contribution is 2.15. The molecular weight excluding hydrogens is 298 g/mol. The lowest BCUT2D eigenvalue weighted by atomic mass is 10.0. The highest BCUT2D eigenvalue weighted by Gasteiger charge is 2.07. The topological polar surface area (TPSA) is 85.8 Å². The Morgan fingerprint density at radius 1 is 1.36 bits per heavy atom. The Morgan fingerprint density at radius 2 is 2.09 bits per heavy atom. The molecule has 0 aliphatic rings. The maximum atomic E-state index is 11.8. The molecule has 7 heteroatoms. The first-order valence-electron chi connectivity index (χ1n) is 7.19. The van der Waals surface area contributed by atoms with Gasteiger partial charge in [-0.1, -0.05) is 49.9 Å². The molecule has 1 aromatic heterocycles. The van der Waals surface area contributed by atoms with Gasteiger partial charge in [0.25, 0.3) is 0 Å². The molecule has 0 saturated carbocycles. The van der Waals surface area contributed by atoms with E-state index in [9.17, 15) is 4.79 Å². The van der Waals surface area contributed by atoms with Crippen molar-refractivity contribution < 1.29 is 4.79 Å². The third-order valence-electron chi connectivity index (χ3n) is 3.25. The molecule has 0 bridgehead atoms. The minimum absolute atomic E-state index is 0.0354. The molecular formula is C15H21N5OS. The average molecular weight is 319 g/mol. The van der Waals surface area contributed by atoms with Gasteiger partial charge in [-0.25, -0.2) is 4.68 Å². The van der Waals surface area contributed by atoms with Crippen molar-refractivity contribution in [3.8, 4) is 0 Å². The van der Waals surface area contributed by atoms with Crippen molar-refractivity contribution in [2.24, 2.45) is 0 Å². The highest BCUT2D eigenvalue weighted by atomic mass is 32.2. The fourth-order valence-electron chi connectivity index (χ4n) is 1.93. The predicted octanol–water partition coefficient (Wildman–Crippen LogP) is 1.57. The number of hydrogen-bond acceptors (Lipinski definition) is 5. The van der Waals surface area contributed by atoms with Crippen LogP contribution in [-0.4, -0.2) is 33.1 Å². The lowest BCUT2D eigenvalue weighted by molar-refractivity contribution is -0.118. The summed E-state index contributed by atoms with van der Waals surface area (Å²) in [4.78, 5) is 11.8. The van der Waals surface area contributed by atoms with Crippen LogP contribution in [0.3, 0.4) is 0 Å². The number of carbonyl (C=O) groups is 1. The van der Waals surface area contributed by atoms with Crippen molar-refractivity contribution in [1.29, 1.82) is 0 Å². The van der Waals surface area contributed by atoms with Crippen molar-refractivity contribution in [3.05, 3.63) is 41.7 Å². The Bertz CT molecular complexity index is 609. The number of hydrogen-bond donors (Lipinski definition) is 2. The summed E-state index contributed by atoms with van der Waals surface area (Å²) in [6.07, 6.45) is 2.23. The van der Waals surface area contributed by atoms with Gasteiger partial charge in [0.15, 0.2) is 0 Å². The molecule has 3 N–H and O–H groups in total. The lowest BCUT2D eigenvalue weighted by Gasteiger charge is -2.08. The first-order valence-corrected chi connectivity index (χ1v) is 8.18. The quantitative estimate of drug-likeness (QED) is 0.597. The largest absolute Gasteiger partial charge is 0.355 e. The standard InChI is InChI=1S/C15H21N5OS/c1-11(2)13-5-3-12(4-6-13)7-8-17-14(21)9-22-15-19-18-10-20(15)16/h3-6,10-11H,7-9,16H2,1-2H3,(H,17,21). The van der Waals surface area contributed by atoms with E-state index < -0.39 is 0 Å². The summed E-state index contributed by atoms with van der Waals surface area (Å²) in [7, 11) is 0. The highest BCUT2D eigenvalue weighted by molar-refractivity contribution is 7.99. The Kier molecular flexibility index (Phi) is 5.83. The number of nitrogens with one attached hydrogen (secondary N) is 1. The van der Waals surface area contributed by atoms with Crippen molar-refractivity contribution in [3.63, 3.8) is 0 Å². The van der Waals surface area contributed by atoms with Gasteiger partial charge in [-0.2, -0.15) is 0 Å². The van der Waals surface area contributed by atoms with E-state index in [4.69, 9.17) is 5.84 Å². The van der Waals surface area contributed by atoms with E-state index in [-0.39, 0.29) is 11.7 Å². The van der Waals surface area contributed by atoms with Gasteiger partial charge < -0.3 is 11.2 Å². The molecule has 0 aliphatic carbocycles. The Balaban J connectivity index is 1.69. The number of benzene rings is 1. The summed E-state index contributed by atoms with van der Waals surface area (Å²) in [5.41, 5.74) is 2.55. The molecule has 1 heterocycles. The fourth-order valence-corrected chi connectivity index (χ4v) is 2.60. The Morgan fingerprint density at radius 3 is 2.68 bits per heavy atom. The van der Waals surface area contributed by atoms with Gasteiger partial charge in [-0.3, -0.25) is 4.79 Å². The van der Waals surface area contributed by atoms with Gasteiger partial charge >= 0.3 is 0 Å². The Labute approximate surface area is 134 Å². The van der Waals surface area contributed by atoms with Crippen LogP contribution in [0.4, 0.5) is 0 Å². The van der Waals surface area contributed by atoms with Crippen LogP contribution in [0.2, 0.25) is 0 Å². The molecule has 0 spiro atoms. The lowest BCUT2D eigenvalue weighted by Crippen LogP contribution is -2.27. The average Bonchev–Trinajstić information content (AvgIpc) is 2.91. The molecule has 6 nitrogen and oxygen atoms in total. The zero-order valence-corrected chi connectivity index (χ0v) is 13.6. The van der Waals surface area contributed by atoms with E-state index in [1.807, 2.05) is 0 Å². The fraction of sp³-hybridized carbons (Fsp3) is 0.400. The zero-order chi connectivity index (χ0) is 15.9. The van der Waals surface area contributed by atoms with E-state index in [1.54, 1.807) is 0 Å². The monoisotopic (exact) mass is 319 g/mol. The van der Waals surface area contributed by atoms with Crippen molar-refractivity contribution in [2.75, 3.05) is 18.1 Å². The van der Waals surface area contributed by atoms with Gasteiger partial charge in [0.1, 0.15) is 6.33 Å². The predicted molar refractivity (Wildman–Crippen MR) is 88.1 cm³/mol. The number of nitrogens with zero attached hydrogens (tertiary/aromatic N) is 3. The summed E-state index contributed by atoms with van der Waals surface area (Å²) in [5.74, 6) is 6.36. The van der Waals surface area contributed by atoms with Crippen LogP contribution >= 0.6 is 11.8 Å². The number of nitrogen functional groups attached to an aromatic ring is 1. The normalized spacial score (nSPS) is 10.9. The third-order valence-corrected chi connectivity index (χ3v) is 4.21. The van der Waals surface area contributed by atoms with Gasteiger partial charge in [0.2, 0.25) is 11.1 Å². The Hall–Kier alpha value is -2.02. The second-order valence-electron chi connectivity index (χ2n) is 5.31. The van der Waals surface area contributed by atoms with Crippen molar-refractivity contribution >= 4 is 17.7 Å². The van der Waals surface area contributed by atoms with Crippen LogP contribution in [0.15, 0.2) is 35.7 Å². The summed E-state index contributed by atoms with van der Waals surface area (Å²) in [5, 5.41) is 10.9. The number of amides is 1. The van der Waals surface area contributed by atoms with Gasteiger partial charge in [0, 0.05) is 6.54 Å². The first-order chi connectivity index (χ1) is 10.6. The van der Waals surface area contributed by atoms with Gasteiger partial charge in [-0.15, -0.1) is 10.2 Å². The minimum Gasteiger partial charge on any atom is -0.355 e. The summed E-state index contributed by atoms with van der Waals surface area (Å²) >= 11 is 1.27. The van der Waals surface area contributed by atoms with Crippen LogP contribution in [0.1, 0.15) is 30.9 Å². The van der Waals surface area contributed by atoms with Crippen LogP contribution in [0.25, 0.3) is 0 Å². The van der Waals surface area contributed by atoms with E-state index >= 15 is 0 Å². The van der Waals surface area contributed by atoms with E-state index in [0.717, 1.165) is 6.42 Å². The number of carbonyl (C=O) groups excluding carboxylic acids is 1. The minimum atomic E-state index is -0.0354. The second kappa shape index (κ2) is 7.84. The number of thioether (sulfide) groups is 1.